The third kappa shape index (κ3) is 2.50. The Morgan fingerprint density at radius 1 is 1.00 bits per heavy atom. The van der Waals surface area contributed by atoms with Gasteiger partial charge in [0.05, 0.1) is 0 Å². The van der Waals surface area contributed by atoms with E-state index in [4.69, 9.17) is 10.2 Å². The molecule has 0 saturated carbocycles. The number of hydrogen-bond donors (Lipinski definition) is 2. The number of hydrogen-bond acceptors (Lipinski definition) is 2. The smallest absolute Gasteiger partial charge is 0.119 e. The maximum Gasteiger partial charge on any atom is 0.119 e. The van der Waals surface area contributed by atoms with Gasteiger partial charge in [0.1, 0.15) is 11.5 Å². The van der Waals surface area contributed by atoms with Gasteiger partial charge in [0.2, 0.25) is 0 Å². The Labute approximate surface area is 66.8 Å². The number of rotatable bonds is 0. The van der Waals surface area contributed by atoms with E-state index in [1.54, 1.807) is 6.07 Å². The Morgan fingerprint density at radius 2 is 1.44 bits per heavy atom. The van der Waals surface area contributed by atoms with Gasteiger partial charge in [-0.2, -0.15) is 0 Å². The minimum Gasteiger partial charge on any atom is -0.508 e. The van der Waals surface area contributed by atoms with Crippen molar-refractivity contribution in [1.82, 2.24) is 0 Å². The molecule has 0 aromatic heterocycles. The van der Waals surface area contributed by atoms with Crippen LogP contribution in [0.25, 0.3) is 0 Å². The molecule has 9 heavy (non-hydrogen) atoms. The second-order valence-electron chi connectivity index (χ2n) is 1.52. The van der Waals surface area contributed by atoms with Crippen LogP contribution in [0.4, 0.5) is 0 Å². The quantitative estimate of drug-likeness (QED) is 0.752. The van der Waals surface area contributed by atoms with Gasteiger partial charge in [-0.25, -0.2) is 0 Å². The molecule has 0 unspecified atom stereocenters. The number of phenols is 2. The predicted molar refractivity (Wildman–Crippen MR) is 29.8 cm³/mol. The zero-order chi connectivity index (χ0) is 5.98. The summed E-state index contributed by atoms with van der Waals surface area (Å²) < 4.78 is 0. The van der Waals surface area contributed by atoms with E-state index in [9.17, 15) is 0 Å². The van der Waals surface area contributed by atoms with E-state index in [1.807, 2.05) is 0 Å². The minimum absolute atomic E-state index is 0. The van der Waals surface area contributed by atoms with Gasteiger partial charge in [-0.3, -0.25) is 0 Å². The third-order valence-electron chi connectivity index (χ3n) is 0.830. The minimum atomic E-state index is 0. The molecule has 0 aliphatic rings. The molecule has 1 radical (unpaired) electrons. The predicted octanol–water partition coefficient (Wildman–Crippen LogP) is 1.10. The molecule has 0 fully saturated rings. The van der Waals surface area contributed by atoms with Gasteiger partial charge in [0.25, 0.3) is 0 Å². The van der Waals surface area contributed by atoms with Crippen LogP contribution >= 0.6 is 0 Å². The van der Waals surface area contributed by atoms with E-state index < -0.39 is 0 Å². The summed E-state index contributed by atoms with van der Waals surface area (Å²) >= 11 is 0. The fraction of sp³-hybridized carbons (Fsp3) is 0. The van der Waals surface area contributed by atoms with Gasteiger partial charge in [-0.05, 0) is 12.1 Å². The molecule has 0 bridgehead atoms. The Kier molecular flexibility index (Phi) is 3.30. The number of benzene rings is 1. The van der Waals surface area contributed by atoms with E-state index in [0.29, 0.717) is 0 Å². The van der Waals surface area contributed by atoms with E-state index in [2.05, 4.69) is 0 Å². The molecule has 1 rings (SSSR count). The van der Waals surface area contributed by atoms with Crippen LogP contribution in [0, 0.1) is 0 Å². The molecule has 49 valence electrons. The van der Waals surface area contributed by atoms with Gasteiger partial charge in [-0.1, -0.05) is 6.07 Å². The first-order valence-electron chi connectivity index (χ1n) is 2.27. The van der Waals surface area contributed by atoms with Crippen LogP contribution in [0.2, 0.25) is 0 Å². The second kappa shape index (κ2) is 3.50. The molecule has 1 aromatic rings. The van der Waals surface area contributed by atoms with Gasteiger partial charge in [-0.15, -0.1) is 0 Å². The molecule has 1 aromatic carbocycles. The molecule has 2 nitrogen and oxygen atoms in total. The van der Waals surface area contributed by atoms with Gasteiger partial charge in [0, 0.05) is 26.5 Å². The monoisotopic (exact) mass is 297 g/mol. The Balaban J connectivity index is 0.000000640. The van der Waals surface area contributed by atoms with Crippen LogP contribution in [-0.2, 0) is 20.4 Å². The molecule has 2 N–H and O–H groups in total. The zero-order valence-electron chi connectivity index (χ0n) is 4.58. The second-order valence-corrected chi connectivity index (χ2v) is 1.52. The molecule has 3 heteroatoms. The summed E-state index contributed by atoms with van der Waals surface area (Å²) in [5.41, 5.74) is 0. The standard InChI is InChI=1S/C6H6O2.Re/c7-5-2-1-3-6(8)4-5;/h1-4,7-8H;. The van der Waals surface area contributed by atoms with Gasteiger partial charge in [0.15, 0.2) is 0 Å². The summed E-state index contributed by atoms with van der Waals surface area (Å²) in [6, 6.07) is 5.85. The van der Waals surface area contributed by atoms with Crippen molar-refractivity contribution in [3.63, 3.8) is 0 Å². The number of aromatic hydroxyl groups is 2. The van der Waals surface area contributed by atoms with Gasteiger partial charge >= 0.3 is 0 Å². The summed E-state index contributed by atoms with van der Waals surface area (Å²) in [7, 11) is 0. The molecule has 0 aliphatic carbocycles. The first-order valence-corrected chi connectivity index (χ1v) is 2.27. The average molecular weight is 296 g/mol. The molecular formula is C6H6O2Re. The summed E-state index contributed by atoms with van der Waals surface area (Å²) in [4.78, 5) is 0. The van der Waals surface area contributed by atoms with Crippen LogP contribution in [0.5, 0.6) is 11.5 Å². The average Bonchev–Trinajstić information content (AvgIpc) is 1.64. The topological polar surface area (TPSA) is 40.5 Å². The third-order valence-corrected chi connectivity index (χ3v) is 0.830. The van der Waals surface area contributed by atoms with Crippen molar-refractivity contribution < 1.29 is 30.6 Å². The van der Waals surface area contributed by atoms with Crippen LogP contribution in [0.1, 0.15) is 0 Å². The molecule has 0 aliphatic heterocycles. The molecule has 0 amide bonds. The molecule has 0 heterocycles. The summed E-state index contributed by atoms with van der Waals surface area (Å²) in [6.07, 6.45) is 0. The fourth-order valence-corrected chi connectivity index (χ4v) is 0.493. The molecule has 0 spiro atoms. The van der Waals surface area contributed by atoms with Crippen molar-refractivity contribution >= 4 is 0 Å². The first-order chi connectivity index (χ1) is 3.79. The van der Waals surface area contributed by atoms with E-state index in [-0.39, 0.29) is 31.9 Å². The normalized spacial score (nSPS) is 8.00. The Bertz CT molecular complexity index is 171. The summed E-state index contributed by atoms with van der Waals surface area (Å²) in [6.45, 7) is 0. The van der Waals surface area contributed by atoms with Crippen molar-refractivity contribution in [2.75, 3.05) is 0 Å². The van der Waals surface area contributed by atoms with Crippen LogP contribution < -0.4 is 0 Å². The van der Waals surface area contributed by atoms with Crippen molar-refractivity contribution in [2.45, 2.75) is 0 Å². The zero-order valence-corrected chi connectivity index (χ0v) is 7.30. The van der Waals surface area contributed by atoms with E-state index in [1.165, 1.54) is 18.2 Å². The Morgan fingerprint density at radius 3 is 1.67 bits per heavy atom. The molecule has 0 saturated heterocycles. The maximum absolute atomic E-state index is 8.65. The fourth-order valence-electron chi connectivity index (χ4n) is 0.493. The number of phenolic OH excluding ortho intramolecular Hbond substituents is 2. The van der Waals surface area contributed by atoms with E-state index >= 15 is 0 Å². The van der Waals surface area contributed by atoms with Gasteiger partial charge < -0.3 is 10.2 Å². The maximum atomic E-state index is 8.65. The van der Waals surface area contributed by atoms with Crippen molar-refractivity contribution in [1.29, 1.82) is 0 Å². The molecular weight excluding hydrogens is 290 g/mol. The van der Waals surface area contributed by atoms with E-state index in [0.717, 1.165) is 0 Å². The SMILES string of the molecule is Oc1cccc(O)c1.[Re]. The van der Waals surface area contributed by atoms with Crippen LogP contribution in [0.15, 0.2) is 24.3 Å². The van der Waals surface area contributed by atoms with Crippen molar-refractivity contribution in [2.24, 2.45) is 0 Å². The Hall–Kier alpha value is -0.518. The summed E-state index contributed by atoms with van der Waals surface area (Å²) in [5, 5.41) is 17.3. The van der Waals surface area contributed by atoms with Crippen LogP contribution in [-0.4, -0.2) is 10.2 Å². The van der Waals surface area contributed by atoms with Crippen molar-refractivity contribution in [3.8, 4) is 11.5 Å². The van der Waals surface area contributed by atoms with Crippen molar-refractivity contribution in [3.05, 3.63) is 24.3 Å². The first kappa shape index (κ1) is 8.48. The largest absolute Gasteiger partial charge is 0.508 e. The molecule has 0 atom stereocenters. The summed E-state index contributed by atoms with van der Waals surface area (Å²) in [5.74, 6) is 0.176. The van der Waals surface area contributed by atoms with Crippen LogP contribution in [0.3, 0.4) is 0 Å².